The highest BCUT2D eigenvalue weighted by Crippen LogP contribution is 2.12. The Bertz CT molecular complexity index is 1270. The topological polar surface area (TPSA) is 166 Å². The van der Waals surface area contributed by atoms with Crippen molar-refractivity contribution >= 4 is 33.5 Å². The lowest BCUT2D eigenvalue weighted by Crippen LogP contribution is -2.44. The molecule has 0 bridgehead atoms. The third-order valence-corrected chi connectivity index (χ3v) is 6.67. The van der Waals surface area contributed by atoms with Crippen LogP contribution in [0.4, 0.5) is 5.69 Å². The van der Waals surface area contributed by atoms with Crippen molar-refractivity contribution in [3.05, 3.63) is 59.4 Å². The minimum atomic E-state index is -4.12. The molecule has 2 aromatic rings. The van der Waals surface area contributed by atoms with Crippen molar-refractivity contribution in [1.29, 1.82) is 0 Å². The number of amides is 2. The van der Waals surface area contributed by atoms with E-state index < -0.39 is 33.5 Å². The Morgan fingerprint density at radius 2 is 1.95 bits per heavy atom. The van der Waals surface area contributed by atoms with Gasteiger partial charge in [0.05, 0.1) is 12.9 Å². The number of nitrogens with one attached hydrogen (secondary N) is 3. The molecule has 0 aromatic carbocycles. The van der Waals surface area contributed by atoms with Crippen LogP contribution in [0.2, 0.25) is 0 Å². The number of anilines is 1. The molecule has 0 fully saturated rings. The van der Waals surface area contributed by atoms with Crippen LogP contribution in [0.15, 0.2) is 63.2 Å². The van der Waals surface area contributed by atoms with Crippen molar-refractivity contribution in [2.75, 3.05) is 18.5 Å². The van der Waals surface area contributed by atoms with E-state index in [2.05, 4.69) is 15.4 Å². The van der Waals surface area contributed by atoms with Crippen molar-refractivity contribution in [3.63, 3.8) is 0 Å². The number of aromatic nitrogens is 1. The summed E-state index contributed by atoms with van der Waals surface area (Å²) in [6, 6.07) is 2.77. The average molecular weight is 551 g/mol. The second-order valence-electron chi connectivity index (χ2n) is 8.74. The van der Waals surface area contributed by atoms with E-state index in [1.54, 1.807) is 6.92 Å². The Balaban J connectivity index is 2.15. The number of furan rings is 1. The second kappa shape index (κ2) is 14.9. The summed E-state index contributed by atoms with van der Waals surface area (Å²) >= 11 is 0. The fraction of sp³-hybridized carbons (Fsp3) is 0.440. The summed E-state index contributed by atoms with van der Waals surface area (Å²) in [6.45, 7) is 6.16. The molecule has 0 saturated carbocycles. The maximum Gasteiger partial charge on any atom is 0.330 e. The lowest BCUT2D eigenvalue weighted by atomic mass is 10.1. The quantitative estimate of drug-likeness (QED) is 0.223. The number of carbonyl (C=O) groups is 3. The Morgan fingerprint density at radius 1 is 1.18 bits per heavy atom. The number of esters is 1. The van der Waals surface area contributed by atoms with Gasteiger partial charge in [0.1, 0.15) is 29.4 Å². The van der Waals surface area contributed by atoms with E-state index in [1.807, 2.05) is 13.8 Å². The predicted molar refractivity (Wildman–Crippen MR) is 140 cm³/mol. The molecule has 0 saturated heterocycles. The summed E-state index contributed by atoms with van der Waals surface area (Å²) in [5.41, 5.74) is -0.749. The van der Waals surface area contributed by atoms with Crippen molar-refractivity contribution < 1.29 is 32.0 Å². The fourth-order valence-electron chi connectivity index (χ4n) is 3.22. The fourth-order valence-corrected chi connectivity index (χ4v) is 4.38. The molecule has 0 unspecified atom stereocenters. The molecular formula is C25H34N4O8S. The number of allylic oxidation sites excluding steroid dienone is 1. The van der Waals surface area contributed by atoms with Crippen molar-refractivity contribution in [2.45, 2.75) is 57.5 Å². The summed E-state index contributed by atoms with van der Waals surface area (Å²) in [5, 5.41) is 5.19. The van der Waals surface area contributed by atoms with Crippen LogP contribution in [0.5, 0.6) is 0 Å². The van der Waals surface area contributed by atoms with Crippen LogP contribution in [-0.2, 0) is 35.7 Å². The van der Waals surface area contributed by atoms with Gasteiger partial charge in [-0.2, -0.15) is 4.72 Å². The minimum Gasteiger partial charge on any atom is -0.471 e. The molecule has 0 aliphatic heterocycles. The highest BCUT2D eigenvalue weighted by Gasteiger charge is 2.26. The van der Waals surface area contributed by atoms with E-state index in [4.69, 9.17) is 9.15 Å². The Kier molecular flexibility index (Phi) is 12.0. The summed E-state index contributed by atoms with van der Waals surface area (Å²) in [7, 11) is -4.12. The largest absolute Gasteiger partial charge is 0.471 e. The van der Waals surface area contributed by atoms with E-state index in [-0.39, 0.29) is 42.5 Å². The molecule has 38 heavy (non-hydrogen) atoms. The van der Waals surface area contributed by atoms with Crippen LogP contribution in [0.1, 0.15) is 40.0 Å². The summed E-state index contributed by atoms with van der Waals surface area (Å²) in [6.07, 6.45) is 7.17. The molecular weight excluding hydrogens is 516 g/mol. The SMILES string of the molecule is CCOC(=O)/C=C/CC[C@H](NS(=O)(=O)c1ccoc1)C(=O)Nc1cccn(CC(=O)NCCC(C)C)c1=O. The van der Waals surface area contributed by atoms with Gasteiger partial charge in [0.25, 0.3) is 5.56 Å². The van der Waals surface area contributed by atoms with Crippen LogP contribution in [0, 0.1) is 5.92 Å². The van der Waals surface area contributed by atoms with Gasteiger partial charge in [-0.15, -0.1) is 0 Å². The normalized spacial score (nSPS) is 12.4. The maximum atomic E-state index is 13.1. The molecule has 0 radical (unpaired) electrons. The summed E-state index contributed by atoms with van der Waals surface area (Å²) in [4.78, 5) is 49.5. The number of pyridine rings is 1. The molecule has 208 valence electrons. The number of hydrogen-bond acceptors (Lipinski definition) is 8. The lowest BCUT2D eigenvalue weighted by molar-refractivity contribution is -0.137. The molecule has 2 aromatic heterocycles. The van der Waals surface area contributed by atoms with Crippen molar-refractivity contribution in [2.24, 2.45) is 5.92 Å². The number of hydrogen-bond donors (Lipinski definition) is 3. The van der Waals surface area contributed by atoms with Crippen LogP contribution < -0.4 is 20.9 Å². The first-order valence-corrected chi connectivity index (χ1v) is 13.7. The molecule has 3 N–H and O–H groups in total. The van der Waals surface area contributed by atoms with Crippen LogP contribution in [0.25, 0.3) is 0 Å². The Hall–Kier alpha value is -3.71. The predicted octanol–water partition coefficient (Wildman–Crippen LogP) is 1.79. The molecule has 12 nitrogen and oxygen atoms in total. The minimum absolute atomic E-state index is 0.0297. The summed E-state index contributed by atoms with van der Waals surface area (Å²) < 4.78 is 38.5. The molecule has 0 aliphatic rings. The van der Waals surface area contributed by atoms with Gasteiger partial charge in [0.15, 0.2) is 0 Å². The van der Waals surface area contributed by atoms with E-state index >= 15 is 0 Å². The van der Waals surface area contributed by atoms with Gasteiger partial charge in [-0.1, -0.05) is 19.9 Å². The average Bonchev–Trinajstić information content (AvgIpc) is 3.40. The molecule has 2 amide bonds. The monoisotopic (exact) mass is 550 g/mol. The van der Waals surface area contributed by atoms with Gasteiger partial charge in [0.2, 0.25) is 21.8 Å². The first-order valence-electron chi connectivity index (χ1n) is 12.2. The second-order valence-corrected chi connectivity index (χ2v) is 10.5. The van der Waals surface area contributed by atoms with E-state index in [9.17, 15) is 27.6 Å². The number of nitrogens with zero attached hydrogens (tertiary/aromatic N) is 1. The molecule has 2 heterocycles. The first kappa shape index (κ1) is 30.5. The zero-order valence-electron chi connectivity index (χ0n) is 21.6. The van der Waals surface area contributed by atoms with Crippen LogP contribution in [0.3, 0.4) is 0 Å². The van der Waals surface area contributed by atoms with Gasteiger partial charge in [-0.05, 0) is 50.3 Å². The molecule has 0 aliphatic carbocycles. The molecule has 1 atom stereocenters. The van der Waals surface area contributed by atoms with Crippen LogP contribution in [-0.4, -0.2) is 50.0 Å². The Morgan fingerprint density at radius 3 is 2.61 bits per heavy atom. The van der Waals surface area contributed by atoms with E-state index in [0.717, 1.165) is 17.3 Å². The number of carbonyl (C=O) groups excluding carboxylic acids is 3. The molecule has 0 spiro atoms. The zero-order chi connectivity index (χ0) is 28.1. The number of rotatable bonds is 15. The lowest BCUT2D eigenvalue weighted by Gasteiger charge is -2.18. The van der Waals surface area contributed by atoms with Crippen molar-refractivity contribution in [1.82, 2.24) is 14.6 Å². The third kappa shape index (κ3) is 9.98. The zero-order valence-corrected chi connectivity index (χ0v) is 22.5. The van der Waals surface area contributed by atoms with E-state index in [0.29, 0.717) is 12.5 Å². The number of sulfonamides is 1. The number of ether oxygens (including phenoxy) is 1. The highest BCUT2D eigenvalue weighted by molar-refractivity contribution is 7.89. The van der Waals surface area contributed by atoms with Gasteiger partial charge in [-0.3, -0.25) is 14.4 Å². The van der Waals surface area contributed by atoms with Gasteiger partial charge < -0.3 is 24.4 Å². The summed E-state index contributed by atoms with van der Waals surface area (Å²) in [5.74, 6) is -1.30. The van der Waals surface area contributed by atoms with E-state index in [1.165, 1.54) is 42.8 Å². The van der Waals surface area contributed by atoms with Crippen molar-refractivity contribution in [3.8, 4) is 0 Å². The maximum absolute atomic E-state index is 13.1. The standard InChI is InChI=1S/C25H34N4O8S/c1-4-37-23(31)10-6-5-8-20(28-38(34,35)19-12-15-36-17-19)24(32)27-21-9-7-14-29(25(21)33)16-22(30)26-13-11-18(2)3/h6-7,9-10,12,14-15,17-18,20,28H,4-5,8,11,13,16H2,1-3H3,(H,26,30)(H,27,32)/b10-6+/t20-/m0/s1. The van der Waals surface area contributed by atoms with Gasteiger partial charge >= 0.3 is 5.97 Å². The molecule has 2 rings (SSSR count). The molecule has 13 heteroatoms. The smallest absolute Gasteiger partial charge is 0.330 e. The Labute approximate surface area is 221 Å². The third-order valence-electron chi connectivity index (χ3n) is 5.22. The van der Waals surface area contributed by atoms with Gasteiger partial charge in [-0.25, -0.2) is 13.2 Å². The van der Waals surface area contributed by atoms with Crippen LogP contribution >= 0.6 is 0 Å². The van der Waals surface area contributed by atoms with Gasteiger partial charge in [0, 0.05) is 18.8 Å². The first-order chi connectivity index (χ1) is 18.0. The highest BCUT2D eigenvalue weighted by atomic mass is 32.2.